The zero-order valence-corrected chi connectivity index (χ0v) is 19.6. The van der Waals surface area contributed by atoms with Crippen molar-refractivity contribution in [3.05, 3.63) is 48.2 Å². The minimum atomic E-state index is -1.77. The summed E-state index contributed by atoms with van der Waals surface area (Å²) in [6.07, 6.45) is 4.15. The molecule has 2 fully saturated rings. The Morgan fingerprint density at radius 1 is 1.12 bits per heavy atom. The highest BCUT2D eigenvalue weighted by molar-refractivity contribution is 5.91. The van der Waals surface area contributed by atoms with Crippen molar-refractivity contribution < 1.29 is 13.9 Å². The highest BCUT2D eigenvalue weighted by Gasteiger charge is 2.43. The van der Waals surface area contributed by atoms with Crippen molar-refractivity contribution in [2.24, 2.45) is 12.5 Å². The maximum absolute atomic E-state index is 15.6. The van der Waals surface area contributed by atoms with Gasteiger partial charge in [0.05, 0.1) is 31.5 Å². The zero-order chi connectivity index (χ0) is 23.2. The number of imidazole rings is 1. The molecule has 0 aliphatic carbocycles. The first-order valence-corrected chi connectivity index (χ1v) is 11.6. The number of aromatic nitrogens is 3. The Balaban J connectivity index is 1.28. The van der Waals surface area contributed by atoms with Gasteiger partial charge < -0.3 is 14.2 Å². The number of likely N-dealkylation sites (tertiary alicyclic amines) is 1. The third kappa shape index (κ3) is 4.32. The Labute approximate surface area is 193 Å². The minimum Gasteiger partial charge on any atom is -0.380 e. The smallest absolute Gasteiger partial charge is 0.175 e. The molecule has 0 radical (unpaired) electrons. The van der Waals surface area contributed by atoms with Crippen molar-refractivity contribution in [2.75, 3.05) is 32.8 Å². The second-order valence-corrected chi connectivity index (χ2v) is 10.1. The van der Waals surface area contributed by atoms with Gasteiger partial charge in [0, 0.05) is 67.8 Å². The molecule has 0 bridgehead atoms. The van der Waals surface area contributed by atoms with Crippen LogP contribution in [0.4, 0.5) is 4.39 Å². The summed E-state index contributed by atoms with van der Waals surface area (Å²) >= 11 is 0. The molecule has 4 heterocycles. The van der Waals surface area contributed by atoms with Crippen LogP contribution in [0.2, 0.25) is 0 Å². The second kappa shape index (κ2) is 8.29. The average molecular weight is 451 g/mol. The summed E-state index contributed by atoms with van der Waals surface area (Å²) in [5, 5.41) is 1.98. The van der Waals surface area contributed by atoms with Gasteiger partial charge in [0.25, 0.3) is 0 Å². The highest BCUT2D eigenvalue weighted by Crippen LogP contribution is 2.33. The van der Waals surface area contributed by atoms with Gasteiger partial charge in [-0.3, -0.25) is 9.78 Å². The van der Waals surface area contributed by atoms with Crippen LogP contribution in [-0.2, 0) is 23.0 Å². The molecule has 1 aromatic carbocycles. The molecule has 0 atom stereocenters. The van der Waals surface area contributed by atoms with E-state index >= 15 is 4.39 Å². The molecule has 3 aromatic rings. The molecule has 2 aliphatic rings. The normalized spacial score (nSPS) is 20.0. The molecule has 174 valence electrons. The summed E-state index contributed by atoms with van der Waals surface area (Å²) in [4.78, 5) is 24.0. The monoisotopic (exact) mass is 450 g/mol. The van der Waals surface area contributed by atoms with E-state index < -0.39 is 5.67 Å². The van der Waals surface area contributed by atoms with Crippen molar-refractivity contribution in [3.8, 4) is 11.3 Å². The van der Waals surface area contributed by atoms with Crippen molar-refractivity contribution >= 4 is 16.6 Å². The lowest BCUT2D eigenvalue weighted by Gasteiger charge is -2.44. The fourth-order valence-electron chi connectivity index (χ4n) is 4.96. The number of hydrogen-bond donors (Lipinski definition) is 0. The van der Waals surface area contributed by atoms with Crippen LogP contribution >= 0.6 is 0 Å². The van der Waals surface area contributed by atoms with Gasteiger partial charge in [-0.2, -0.15) is 0 Å². The maximum Gasteiger partial charge on any atom is 0.175 e. The molecule has 0 saturated carbocycles. The fourth-order valence-corrected chi connectivity index (χ4v) is 4.96. The average Bonchev–Trinajstić information content (AvgIpc) is 3.12. The number of carbonyl (C=O) groups is 1. The molecular weight excluding hydrogens is 419 g/mol. The van der Waals surface area contributed by atoms with Gasteiger partial charge in [0.1, 0.15) is 5.82 Å². The Morgan fingerprint density at radius 2 is 1.88 bits per heavy atom. The van der Waals surface area contributed by atoms with E-state index in [2.05, 4.69) is 27.9 Å². The summed E-state index contributed by atoms with van der Waals surface area (Å²) < 4.78 is 22.9. The molecule has 6 nitrogen and oxygen atoms in total. The third-order valence-corrected chi connectivity index (χ3v) is 7.29. The molecule has 0 N–H and O–H groups in total. The molecule has 0 amide bonds. The summed E-state index contributed by atoms with van der Waals surface area (Å²) in [5.41, 5.74) is 1.10. The number of ketones is 1. The van der Waals surface area contributed by atoms with Crippen molar-refractivity contribution in [1.29, 1.82) is 0 Å². The quantitative estimate of drug-likeness (QED) is 0.570. The topological polar surface area (TPSA) is 60.3 Å². The first-order valence-electron chi connectivity index (χ1n) is 11.6. The van der Waals surface area contributed by atoms with Crippen LogP contribution in [0.25, 0.3) is 22.0 Å². The van der Waals surface area contributed by atoms with E-state index in [4.69, 9.17) is 4.74 Å². The first kappa shape index (κ1) is 22.2. The second-order valence-electron chi connectivity index (χ2n) is 10.1. The zero-order valence-electron chi connectivity index (χ0n) is 19.6. The summed E-state index contributed by atoms with van der Waals surface area (Å²) in [6, 6.07) is 8.06. The number of pyridine rings is 1. The molecular formula is C26H31FN4O2. The lowest BCUT2D eigenvalue weighted by molar-refractivity contribution is -0.137. The Hall–Kier alpha value is -2.64. The van der Waals surface area contributed by atoms with E-state index in [1.165, 1.54) is 0 Å². The number of fused-ring (bicyclic) bond motifs is 1. The van der Waals surface area contributed by atoms with Crippen LogP contribution in [0.5, 0.6) is 0 Å². The maximum atomic E-state index is 15.6. The van der Waals surface area contributed by atoms with E-state index in [9.17, 15) is 4.79 Å². The lowest BCUT2D eigenvalue weighted by Crippen LogP contribution is -2.53. The van der Waals surface area contributed by atoms with Crippen LogP contribution in [0.3, 0.4) is 0 Å². The van der Waals surface area contributed by atoms with E-state index in [1.807, 2.05) is 42.9 Å². The first-order chi connectivity index (χ1) is 15.7. The number of ether oxygens (including phenoxy) is 1. The molecule has 0 unspecified atom stereocenters. The fraction of sp³-hybridized carbons (Fsp3) is 0.500. The van der Waals surface area contributed by atoms with Crippen LogP contribution in [0.1, 0.15) is 31.3 Å². The van der Waals surface area contributed by atoms with Gasteiger partial charge in [-0.05, 0) is 24.4 Å². The number of alkyl halides is 1. The van der Waals surface area contributed by atoms with Crippen LogP contribution < -0.4 is 0 Å². The van der Waals surface area contributed by atoms with Gasteiger partial charge in [0.15, 0.2) is 11.5 Å². The standard InChI is InChI=1S/C26H31FN4O2/c1-18-28-14-23(30(18)3)19-4-5-20-13-29-22(11-21(20)10-19)12-24(32)26(27)6-8-31(9-7-26)15-25(2)16-33-17-25/h4-5,10-11,13-14H,6-9,12,15-17H2,1-3H3. The van der Waals surface area contributed by atoms with Crippen molar-refractivity contribution in [1.82, 2.24) is 19.4 Å². The number of nitrogens with zero attached hydrogens (tertiary/aromatic N) is 4. The molecule has 33 heavy (non-hydrogen) atoms. The van der Waals surface area contributed by atoms with E-state index in [0.29, 0.717) is 18.8 Å². The van der Waals surface area contributed by atoms with Gasteiger partial charge in [-0.15, -0.1) is 0 Å². The van der Waals surface area contributed by atoms with Gasteiger partial charge in [0.2, 0.25) is 0 Å². The molecule has 0 spiro atoms. The van der Waals surface area contributed by atoms with Crippen LogP contribution in [0.15, 0.2) is 36.7 Å². The van der Waals surface area contributed by atoms with Gasteiger partial charge in [-0.1, -0.05) is 19.1 Å². The van der Waals surface area contributed by atoms with Gasteiger partial charge in [-0.25, -0.2) is 9.37 Å². The Bertz CT molecular complexity index is 1190. The lowest BCUT2D eigenvalue weighted by atomic mass is 9.84. The van der Waals surface area contributed by atoms with Crippen molar-refractivity contribution in [3.63, 3.8) is 0 Å². The summed E-state index contributed by atoms with van der Waals surface area (Å²) in [7, 11) is 1.99. The molecule has 2 aliphatic heterocycles. The molecule has 7 heteroatoms. The molecule has 2 aromatic heterocycles. The highest BCUT2D eigenvalue weighted by atomic mass is 19.1. The van der Waals surface area contributed by atoms with E-state index in [0.717, 1.165) is 47.6 Å². The number of carbonyl (C=O) groups excluding carboxylic acids is 1. The number of hydrogen-bond acceptors (Lipinski definition) is 5. The van der Waals surface area contributed by atoms with Crippen LogP contribution in [-0.4, -0.2) is 63.7 Å². The van der Waals surface area contributed by atoms with Gasteiger partial charge >= 0.3 is 0 Å². The molecule has 2 saturated heterocycles. The molecule has 5 rings (SSSR count). The number of benzene rings is 1. The minimum absolute atomic E-state index is 0.0209. The van der Waals surface area contributed by atoms with E-state index in [1.54, 1.807) is 6.20 Å². The number of aryl methyl sites for hydroxylation is 1. The third-order valence-electron chi connectivity index (χ3n) is 7.29. The number of piperidine rings is 1. The number of halogens is 1. The SMILES string of the molecule is Cc1ncc(-c2ccc3cnc(CC(=O)C4(F)CCN(CC5(C)COC5)CC4)cc3c2)n1C. The Morgan fingerprint density at radius 3 is 2.52 bits per heavy atom. The Kier molecular flexibility index (Phi) is 5.57. The number of Topliss-reactive ketones (excluding diaryl/α,β-unsaturated/α-hetero) is 1. The predicted octanol–water partition coefficient (Wildman–Crippen LogP) is 3.90. The largest absolute Gasteiger partial charge is 0.380 e. The van der Waals surface area contributed by atoms with E-state index in [-0.39, 0.29) is 30.5 Å². The van der Waals surface area contributed by atoms with Crippen LogP contribution in [0, 0.1) is 12.3 Å². The van der Waals surface area contributed by atoms with Crippen molar-refractivity contribution in [2.45, 2.75) is 38.8 Å². The summed E-state index contributed by atoms with van der Waals surface area (Å²) in [5.74, 6) is 0.589. The summed E-state index contributed by atoms with van der Waals surface area (Å²) in [6.45, 7) is 7.81. The number of rotatable bonds is 6. The predicted molar refractivity (Wildman–Crippen MR) is 126 cm³/mol.